The summed E-state index contributed by atoms with van der Waals surface area (Å²) in [5.74, 6) is -0.539. The maximum absolute atomic E-state index is 13.3. The molecule has 0 fully saturated rings. The van der Waals surface area contributed by atoms with E-state index in [4.69, 9.17) is 14.6 Å². The van der Waals surface area contributed by atoms with Gasteiger partial charge in [-0.1, -0.05) is 20.8 Å². The molecule has 0 unspecified atom stereocenters. The van der Waals surface area contributed by atoms with Crippen molar-refractivity contribution in [1.82, 2.24) is 0 Å². The van der Waals surface area contributed by atoms with Crippen molar-refractivity contribution in [2.24, 2.45) is 0 Å². The van der Waals surface area contributed by atoms with Crippen molar-refractivity contribution in [3.63, 3.8) is 0 Å². The SMILES string of the molecule is CC(C)(C)[Si](C)(C)OCC/C(CCO)=C(\F)CO. The lowest BCUT2D eigenvalue weighted by atomic mass is 10.1. The highest BCUT2D eigenvalue weighted by atomic mass is 28.4. The van der Waals surface area contributed by atoms with E-state index in [1.807, 2.05) is 0 Å². The molecule has 0 saturated heterocycles. The smallest absolute Gasteiger partial charge is 0.191 e. The Balaban J connectivity index is 4.41. The van der Waals surface area contributed by atoms with E-state index in [1.54, 1.807) is 0 Å². The zero-order valence-corrected chi connectivity index (χ0v) is 13.2. The number of hydrogen-bond donors (Lipinski definition) is 2. The van der Waals surface area contributed by atoms with Crippen LogP contribution in [-0.4, -0.2) is 38.4 Å². The van der Waals surface area contributed by atoms with Gasteiger partial charge in [0.15, 0.2) is 8.32 Å². The van der Waals surface area contributed by atoms with Gasteiger partial charge in [-0.3, -0.25) is 0 Å². The molecular formula is C13H27FO3Si. The second-order valence-electron chi connectivity index (χ2n) is 6.00. The summed E-state index contributed by atoms with van der Waals surface area (Å²) in [6.45, 7) is 10.5. The third-order valence-electron chi connectivity index (χ3n) is 3.61. The lowest BCUT2D eigenvalue weighted by molar-refractivity contribution is 0.264. The summed E-state index contributed by atoms with van der Waals surface area (Å²) >= 11 is 0. The van der Waals surface area contributed by atoms with Crippen LogP contribution in [0.15, 0.2) is 11.4 Å². The van der Waals surface area contributed by atoms with Crippen LogP contribution in [0.3, 0.4) is 0 Å². The number of rotatable bonds is 7. The largest absolute Gasteiger partial charge is 0.417 e. The molecule has 18 heavy (non-hydrogen) atoms. The van der Waals surface area contributed by atoms with E-state index in [0.717, 1.165) is 0 Å². The molecule has 0 saturated carbocycles. The average molecular weight is 278 g/mol. The fraction of sp³-hybridized carbons (Fsp3) is 0.846. The summed E-state index contributed by atoms with van der Waals surface area (Å²) in [6, 6.07) is 0. The van der Waals surface area contributed by atoms with Crippen molar-refractivity contribution in [2.75, 3.05) is 19.8 Å². The molecular weight excluding hydrogens is 251 g/mol. The number of aliphatic hydroxyl groups is 2. The molecule has 0 bridgehead atoms. The first-order chi connectivity index (χ1) is 8.15. The molecule has 5 heteroatoms. The van der Waals surface area contributed by atoms with Crippen molar-refractivity contribution in [3.8, 4) is 0 Å². The van der Waals surface area contributed by atoms with E-state index < -0.39 is 20.8 Å². The zero-order valence-electron chi connectivity index (χ0n) is 12.2. The minimum Gasteiger partial charge on any atom is -0.417 e. The zero-order chi connectivity index (χ0) is 14.4. The van der Waals surface area contributed by atoms with Gasteiger partial charge < -0.3 is 14.6 Å². The van der Waals surface area contributed by atoms with E-state index in [9.17, 15) is 4.39 Å². The number of aliphatic hydroxyl groups excluding tert-OH is 2. The Morgan fingerprint density at radius 3 is 2.11 bits per heavy atom. The van der Waals surface area contributed by atoms with Crippen LogP contribution in [0.4, 0.5) is 4.39 Å². The second-order valence-corrected chi connectivity index (χ2v) is 10.8. The highest BCUT2D eigenvalue weighted by Gasteiger charge is 2.36. The number of hydrogen-bond acceptors (Lipinski definition) is 3. The Morgan fingerprint density at radius 2 is 1.72 bits per heavy atom. The van der Waals surface area contributed by atoms with Gasteiger partial charge >= 0.3 is 0 Å². The van der Waals surface area contributed by atoms with Crippen LogP contribution < -0.4 is 0 Å². The first kappa shape index (κ1) is 17.8. The van der Waals surface area contributed by atoms with Crippen LogP contribution >= 0.6 is 0 Å². The Morgan fingerprint density at radius 1 is 1.17 bits per heavy atom. The maximum Gasteiger partial charge on any atom is 0.191 e. The molecule has 0 aromatic carbocycles. The van der Waals surface area contributed by atoms with Gasteiger partial charge in [0.05, 0.1) is 6.61 Å². The molecule has 0 aromatic heterocycles. The standard InChI is InChI=1S/C13H27FO3Si/c1-13(2,3)18(4,5)17-9-7-11(6-8-15)12(14)10-16/h15-16H,6-10H2,1-5H3/b12-11-. The minimum absolute atomic E-state index is 0.108. The molecule has 3 nitrogen and oxygen atoms in total. The van der Waals surface area contributed by atoms with Crippen LogP contribution in [0, 0.1) is 0 Å². The van der Waals surface area contributed by atoms with Gasteiger partial charge in [0.1, 0.15) is 5.83 Å². The monoisotopic (exact) mass is 278 g/mol. The molecule has 0 aliphatic heterocycles. The lowest BCUT2D eigenvalue weighted by Gasteiger charge is -2.36. The van der Waals surface area contributed by atoms with E-state index in [2.05, 4.69) is 33.9 Å². The Bertz CT molecular complexity index is 282. The first-order valence-electron chi connectivity index (χ1n) is 6.37. The summed E-state index contributed by atoms with van der Waals surface area (Å²) < 4.78 is 19.3. The molecule has 0 heterocycles. The molecule has 0 aliphatic carbocycles. The van der Waals surface area contributed by atoms with Gasteiger partial charge in [0.25, 0.3) is 0 Å². The fourth-order valence-corrected chi connectivity index (χ4v) is 2.33. The fourth-order valence-electron chi connectivity index (χ4n) is 1.29. The van der Waals surface area contributed by atoms with Gasteiger partial charge in [0, 0.05) is 13.2 Å². The van der Waals surface area contributed by atoms with Crippen LogP contribution in [0.5, 0.6) is 0 Å². The summed E-state index contributed by atoms with van der Waals surface area (Å²) in [5, 5.41) is 17.8. The van der Waals surface area contributed by atoms with Crippen molar-refractivity contribution >= 4 is 8.32 Å². The van der Waals surface area contributed by atoms with E-state index in [-0.39, 0.29) is 18.1 Å². The Hall–Kier alpha value is -0.233. The topological polar surface area (TPSA) is 49.7 Å². The van der Waals surface area contributed by atoms with Crippen molar-refractivity contribution < 1.29 is 19.0 Å². The normalized spacial score (nSPS) is 14.7. The van der Waals surface area contributed by atoms with Crippen molar-refractivity contribution in [3.05, 3.63) is 11.4 Å². The third kappa shape index (κ3) is 5.61. The molecule has 108 valence electrons. The number of halogens is 1. The van der Waals surface area contributed by atoms with E-state index in [1.165, 1.54) is 0 Å². The van der Waals surface area contributed by atoms with Crippen LogP contribution in [-0.2, 0) is 4.43 Å². The van der Waals surface area contributed by atoms with Gasteiger partial charge in [-0.2, -0.15) is 0 Å². The van der Waals surface area contributed by atoms with Gasteiger partial charge in [0.2, 0.25) is 0 Å². The Kier molecular flexibility index (Phi) is 7.28. The van der Waals surface area contributed by atoms with Gasteiger partial charge in [-0.25, -0.2) is 4.39 Å². The second kappa shape index (κ2) is 7.38. The molecule has 0 aromatic rings. The minimum atomic E-state index is -1.81. The molecule has 2 N–H and O–H groups in total. The molecule has 0 rings (SSSR count). The van der Waals surface area contributed by atoms with E-state index >= 15 is 0 Å². The molecule has 0 radical (unpaired) electrons. The quantitative estimate of drug-likeness (QED) is 0.704. The highest BCUT2D eigenvalue weighted by Crippen LogP contribution is 2.36. The lowest BCUT2D eigenvalue weighted by Crippen LogP contribution is -2.41. The molecule has 0 amide bonds. The maximum atomic E-state index is 13.3. The van der Waals surface area contributed by atoms with Crippen molar-refractivity contribution in [2.45, 2.75) is 51.7 Å². The van der Waals surface area contributed by atoms with Crippen LogP contribution in [0.25, 0.3) is 0 Å². The summed E-state index contributed by atoms with van der Waals surface area (Å²) in [6.07, 6.45) is 0.687. The Labute approximate surface area is 111 Å². The van der Waals surface area contributed by atoms with Crippen molar-refractivity contribution in [1.29, 1.82) is 0 Å². The molecule has 0 spiro atoms. The molecule has 0 aliphatic rings. The summed E-state index contributed by atoms with van der Waals surface area (Å²) in [7, 11) is -1.81. The van der Waals surface area contributed by atoms with Crippen LogP contribution in [0.2, 0.25) is 18.1 Å². The van der Waals surface area contributed by atoms with Crippen LogP contribution in [0.1, 0.15) is 33.6 Å². The average Bonchev–Trinajstić information content (AvgIpc) is 2.25. The predicted octanol–water partition coefficient (Wildman–Crippen LogP) is 3.00. The third-order valence-corrected chi connectivity index (χ3v) is 8.15. The van der Waals surface area contributed by atoms with Gasteiger partial charge in [-0.05, 0) is 36.5 Å². The summed E-state index contributed by atoms with van der Waals surface area (Å²) in [5.41, 5.74) is 0.457. The summed E-state index contributed by atoms with van der Waals surface area (Å²) in [4.78, 5) is 0. The first-order valence-corrected chi connectivity index (χ1v) is 9.28. The van der Waals surface area contributed by atoms with E-state index in [0.29, 0.717) is 18.6 Å². The predicted molar refractivity (Wildman–Crippen MR) is 74.7 cm³/mol. The molecule has 0 atom stereocenters. The highest BCUT2D eigenvalue weighted by molar-refractivity contribution is 6.74. The van der Waals surface area contributed by atoms with Gasteiger partial charge in [-0.15, -0.1) is 0 Å².